The quantitative estimate of drug-likeness (QED) is 0.270. The predicted octanol–water partition coefficient (Wildman–Crippen LogP) is 3.75. The molecule has 2 aromatic carbocycles. The van der Waals surface area contributed by atoms with Gasteiger partial charge in [-0.25, -0.2) is 9.97 Å². The van der Waals surface area contributed by atoms with Gasteiger partial charge in [-0.2, -0.15) is 0 Å². The summed E-state index contributed by atoms with van der Waals surface area (Å²) in [7, 11) is 0. The van der Waals surface area contributed by atoms with Crippen molar-refractivity contribution in [2.45, 2.75) is 53.0 Å². The second-order valence-corrected chi connectivity index (χ2v) is 8.42. The number of fused-ring (bicyclic) bond motifs is 1. The first-order valence-corrected chi connectivity index (χ1v) is 11.3. The van der Waals surface area contributed by atoms with Crippen molar-refractivity contribution in [3.8, 4) is 0 Å². The molecule has 0 amide bonds. The van der Waals surface area contributed by atoms with Gasteiger partial charge in [0.1, 0.15) is 11.6 Å². The summed E-state index contributed by atoms with van der Waals surface area (Å²) in [6.45, 7) is 9.97. The Morgan fingerprint density at radius 1 is 1.12 bits per heavy atom. The molecule has 3 aromatic rings. The van der Waals surface area contributed by atoms with Gasteiger partial charge >= 0.3 is 51.4 Å². The van der Waals surface area contributed by atoms with Crippen LogP contribution in [-0.4, -0.2) is 16.5 Å². The van der Waals surface area contributed by atoms with Crippen LogP contribution in [0.3, 0.4) is 0 Å². The average molecular weight is 468 g/mol. The molecular weight excluding hydrogens is 433 g/mol. The molecule has 3 rings (SSSR count). The molecule has 1 aromatic heterocycles. The van der Waals surface area contributed by atoms with Crippen molar-refractivity contribution in [1.29, 1.82) is 0 Å². The smallest absolute Gasteiger partial charge is 0.656 e. The molecule has 0 aliphatic rings. The van der Waals surface area contributed by atoms with Crippen LogP contribution < -0.4 is 62.4 Å². The van der Waals surface area contributed by atoms with Crippen LogP contribution in [-0.2, 0) is 13.0 Å². The largest absolute Gasteiger partial charge is 1.00 e. The first-order valence-electron chi connectivity index (χ1n) is 11.3. The van der Waals surface area contributed by atoms with Crippen molar-refractivity contribution in [3.05, 3.63) is 88.7 Å². The third-order valence-electron chi connectivity index (χ3n) is 5.26. The van der Waals surface area contributed by atoms with E-state index in [1.54, 1.807) is 6.20 Å². The molecule has 0 spiro atoms. The molecule has 6 heteroatoms. The van der Waals surface area contributed by atoms with E-state index in [1.807, 2.05) is 12.2 Å². The standard InChI is InChI=1S/C27H34N5.K/c1-5-15-29-18-26-31-25-17-21(16-20(4)7-6-14-28)8-13-24(25)27(32-26)30-23-11-9-22(10-12-23)19(2)3;/h6-14,17,19H,5,15-16,18,28H2,1-4H3,(H,30,31,32);/q-1;+1/b14-6-,20-7-;. The zero-order valence-electron chi connectivity index (χ0n) is 20.6. The van der Waals surface area contributed by atoms with Gasteiger partial charge in [-0.05, 0) is 66.9 Å². The Bertz CT molecular complexity index is 1090. The molecular formula is C27H34KN5. The van der Waals surface area contributed by atoms with Crippen molar-refractivity contribution in [2.75, 3.05) is 11.9 Å². The average Bonchev–Trinajstić information content (AvgIpc) is 2.78. The molecule has 0 radical (unpaired) electrons. The third-order valence-corrected chi connectivity index (χ3v) is 5.26. The normalized spacial score (nSPS) is 11.8. The molecule has 0 atom stereocenters. The van der Waals surface area contributed by atoms with Gasteiger partial charge < -0.3 is 16.4 Å². The Morgan fingerprint density at radius 2 is 1.88 bits per heavy atom. The summed E-state index contributed by atoms with van der Waals surface area (Å²) in [5.41, 5.74) is 11.2. The van der Waals surface area contributed by atoms with E-state index in [0.717, 1.165) is 47.6 Å². The fourth-order valence-electron chi connectivity index (χ4n) is 3.53. The van der Waals surface area contributed by atoms with Crippen LogP contribution in [0.5, 0.6) is 0 Å². The fraction of sp³-hybridized carbons (Fsp3) is 0.333. The molecule has 168 valence electrons. The van der Waals surface area contributed by atoms with E-state index in [9.17, 15) is 0 Å². The number of benzene rings is 2. The molecule has 0 saturated heterocycles. The summed E-state index contributed by atoms with van der Waals surface area (Å²) in [6.07, 6.45) is 7.31. The fourth-order valence-corrected chi connectivity index (χ4v) is 3.53. The minimum atomic E-state index is 0. The number of nitrogens with zero attached hydrogens (tertiary/aromatic N) is 3. The number of anilines is 2. The van der Waals surface area contributed by atoms with Gasteiger partial charge in [0.2, 0.25) is 0 Å². The van der Waals surface area contributed by atoms with E-state index in [-0.39, 0.29) is 51.4 Å². The zero-order valence-corrected chi connectivity index (χ0v) is 23.7. The maximum atomic E-state index is 5.46. The Labute approximate surface area is 240 Å². The SMILES string of the molecule is CCC[N-]Cc1nc(Nc2ccc(C(C)C)cc2)c2ccc(C/C(C)=C\C=C/N)cc2n1.[K+]. The van der Waals surface area contributed by atoms with Gasteiger partial charge in [0.25, 0.3) is 0 Å². The van der Waals surface area contributed by atoms with Crippen LogP contribution in [0, 0.1) is 0 Å². The Morgan fingerprint density at radius 3 is 2.55 bits per heavy atom. The van der Waals surface area contributed by atoms with E-state index in [1.165, 1.54) is 16.7 Å². The summed E-state index contributed by atoms with van der Waals surface area (Å²) in [5.74, 6) is 2.06. The number of nitrogens with two attached hydrogens (primary N) is 1. The molecule has 5 nitrogen and oxygen atoms in total. The molecule has 0 unspecified atom stereocenters. The monoisotopic (exact) mass is 467 g/mol. The third kappa shape index (κ3) is 8.32. The molecule has 3 N–H and O–H groups in total. The van der Waals surface area contributed by atoms with E-state index >= 15 is 0 Å². The number of hydrogen-bond donors (Lipinski definition) is 2. The molecule has 0 fully saturated rings. The van der Waals surface area contributed by atoms with Crippen molar-refractivity contribution < 1.29 is 51.4 Å². The second-order valence-electron chi connectivity index (χ2n) is 8.42. The molecule has 0 saturated carbocycles. The Balaban J connectivity index is 0.00000385. The van der Waals surface area contributed by atoms with Crippen molar-refractivity contribution in [3.63, 3.8) is 0 Å². The van der Waals surface area contributed by atoms with Gasteiger partial charge in [0.05, 0.1) is 5.52 Å². The van der Waals surface area contributed by atoms with Crippen LogP contribution in [0.2, 0.25) is 0 Å². The molecule has 0 aliphatic carbocycles. The summed E-state index contributed by atoms with van der Waals surface area (Å²) < 4.78 is 0. The van der Waals surface area contributed by atoms with Crippen LogP contribution in [0.15, 0.2) is 66.4 Å². The van der Waals surface area contributed by atoms with Crippen LogP contribution in [0.25, 0.3) is 16.2 Å². The first kappa shape index (κ1) is 27.7. The molecule has 0 aliphatic heterocycles. The number of allylic oxidation sites excluding steroid dienone is 3. The van der Waals surface area contributed by atoms with E-state index in [2.05, 4.69) is 80.8 Å². The van der Waals surface area contributed by atoms with Crippen LogP contribution in [0.1, 0.15) is 57.0 Å². The van der Waals surface area contributed by atoms with Gasteiger partial charge in [-0.1, -0.05) is 63.6 Å². The number of aromatic nitrogens is 2. The van der Waals surface area contributed by atoms with Crippen molar-refractivity contribution in [2.24, 2.45) is 5.73 Å². The van der Waals surface area contributed by atoms with Gasteiger partial charge in [0.15, 0.2) is 0 Å². The summed E-state index contributed by atoms with van der Waals surface area (Å²) >= 11 is 0. The van der Waals surface area contributed by atoms with E-state index < -0.39 is 0 Å². The topological polar surface area (TPSA) is 77.9 Å². The molecule has 1 heterocycles. The number of rotatable bonds is 10. The van der Waals surface area contributed by atoms with Crippen LogP contribution in [0.4, 0.5) is 11.5 Å². The minimum Gasteiger partial charge on any atom is -0.656 e. The molecule has 0 bridgehead atoms. The van der Waals surface area contributed by atoms with Crippen LogP contribution >= 0.6 is 0 Å². The zero-order chi connectivity index (χ0) is 22.9. The van der Waals surface area contributed by atoms with Gasteiger partial charge in [-0.15, -0.1) is 6.54 Å². The maximum absolute atomic E-state index is 5.46. The van der Waals surface area contributed by atoms with E-state index in [4.69, 9.17) is 15.7 Å². The maximum Gasteiger partial charge on any atom is 1.00 e. The van der Waals surface area contributed by atoms with Crippen molar-refractivity contribution >= 4 is 22.4 Å². The Hall–Kier alpha value is -1.54. The minimum absolute atomic E-state index is 0. The summed E-state index contributed by atoms with van der Waals surface area (Å²) in [5, 5.41) is 9.08. The Kier molecular flexibility index (Phi) is 11.7. The second kappa shape index (κ2) is 14.0. The number of nitrogens with one attached hydrogen (secondary N) is 1. The first-order chi connectivity index (χ1) is 15.5. The summed E-state index contributed by atoms with van der Waals surface area (Å²) in [6, 6.07) is 14.9. The van der Waals surface area contributed by atoms with Gasteiger partial charge in [0, 0.05) is 11.1 Å². The van der Waals surface area contributed by atoms with Gasteiger partial charge in [-0.3, -0.25) is 0 Å². The summed E-state index contributed by atoms with van der Waals surface area (Å²) in [4.78, 5) is 9.62. The van der Waals surface area contributed by atoms with E-state index in [0.29, 0.717) is 12.5 Å². The van der Waals surface area contributed by atoms with Crippen molar-refractivity contribution in [1.82, 2.24) is 9.97 Å². The predicted molar refractivity (Wildman–Crippen MR) is 136 cm³/mol. The number of hydrogen-bond acceptors (Lipinski definition) is 4. The molecule has 33 heavy (non-hydrogen) atoms.